The fourth-order valence-electron chi connectivity index (χ4n) is 5.57. The molecule has 0 aliphatic heterocycles. The summed E-state index contributed by atoms with van der Waals surface area (Å²) < 4.78 is 7.21. The van der Waals surface area contributed by atoms with Crippen molar-refractivity contribution in [1.82, 2.24) is 0 Å². The molecule has 0 bridgehead atoms. The van der Waals surface area contributed by atoms with Gasteiger partial charge in [0, 0.05) is 4.91 Å². The van der Waals surface area contributed by atoms with Crippen molar-refractivity contribution in [2.45, 2.75) is 122 Å². The molecule has 0 aliphatic carbocycles. The lowest BCUT2D eigenvalue weighted by Crippen LogP contribution is -2.68. The molecule has 0 aliphatic rings. The predicted molar refractivity (Wildman–Crippen MR) is 173 cm³/mol. The highest BCUT2D eigenvalue weighted by molar-refractivity contribution is 6.99. The first-order valence-corrected chi connectivity index (χ1v) is 17.4. The average Bonchev–Trinajstić information content (AvgIpc) is 2.96. The molecule has 6 heteroatoms. The molecule has 2 aromatic carbocycles. The molecule has 0 fully saturated rings. The Kier molecular flexibility index (Phi) is 16.0. The minimum Gasteiger partial charge on any atom is -0.401 e. The van der Waals surface area contributed by atoms with Crippen molar-refractivity contribution in [2.24, 2.45) is 5.11 Å². The molecule has 0 saturated heterocycles. The summed E-state index contributed by atoms with van der Waals surface area (Å²) in [6, 6.07) is 20.2. The van der Waals surface area contributed by atoms with Crippen molar-refractivity contribution < 1.29 is 9.53 Å². The summed E-state index contributed by atoms with van der Waals surface area (Å²) in [7, 11) is -2.87. The largest absolute Gasteiger partial charge is 0.401 e. The van der Waals surface area contributed by atoms with Crippen LogP contribution in [0, 0.1) is 0 Å². The van der Waals surface area contributed by atoms with Crippen molar-refractivity contribution in [3.05, 3.63) is 83.3 Å². The van der Waals surface area contributed by atoms with E-state index in [1.54, 1.807) is 0 Å². The normalized spacial score (nSPS) is 13.7. The summed E-state index contributed by atoms with van der Waals surface area (Å²) >= 11 is 0. The van der Waals surface area contributed by atoms with Gasteiger partial charge in [0.1, 0.15) is 0 Å². The summed E-state index contributed by atoms with van der Waals surface area (Å²) in [4.78, 5) is 3.05. The second-order valence-electron chi connectivity index (χ2n) is 12.0. The fraction of sp³-hybridized carbons (Fsp3) is 0.588. The maximum absolute atomic E-state index is 10.2. The van der Waals surface area contributed by atoms with E-state index in [0.29, 0.717) is 0 Å². The van der Waals surface area contributed by atoms with Crippen molar-refractivity contribution in [3.8, 4) is 0 Å². The standard InChI is InChI=1S/C34H53N3O2Si/c1-5-6-7-8-9-10-11-12-13-14-15-16-23-28-33(32(29-38)36-37-35)39-40(34(2,3)4,30-24-19-17-20-25-30)31-26-21-18-22-27-31/h17-28,32-33,38H,5-16,29H2,1-4H3/b28-23+/t32-,33+/m0/s1. The molecule has 2 aromatic rings. The van der Waals surface area contributed by atoms with Gasteiger partial charge < -0.3 is 9.53 Å². The number of unbranched alkanes of at least 4 members (excludes halogenated alkanes) is 11. The summed E-state index contributed by atoms with van der Waals surface area (Å²) in [6.45, 7) is 8.69. The first-order valence-electron chi connectivity index (χ1n) is 15.5. The number of hydrogen-bond donors (Lipinski definition) is 1. The average molecular weight is 564 g/mol. The van der Waals surface area contributed by atoms with Crippen molar-refractivity contribution >= 4 is 18.7 Å². The van der Waals surface area contributed by atoms with Crippen LogP contribution in [0.15, 0.2) is 77.9 Å². The Morgan fingerprint density at radius 1 is 0.825 bits per heavy atom. The molecule has 0 spiro atoms. The van der Waals surface area contributed by atoms with E-state index in [4.69, 9.17) is 4.43 Å². The van der Waals surface area contributed by atoms with Gasteiger partial charge in [-0.2, -0.15) is 0 Å². The number of benzene rings is 2. The van der Waals surface area contributed by atoms with E-state index >= 15 is 0 Å². The maximum atomic E-state index is 10.2. The van der Waals surface area contributed by atoms with Crippen LogP contribution in [-0.2, 0) is 4.43 Å². The lowest BCUT2D eigenvalue weighted by molar-refractivity contribution is 0.153. The van der Waals surface area contributed by atoms with E-state index in [1.807, 2.05) is 18.2 Å². The smallest absolute Gasteiger partial charge is 0.261 e. The Bertz CT molecular complexity index is 961. The van der Waals surface area contributed by atoms with Crippen LogP contribution in [0.4, 0.5) is 0 Å². The van der Waals surface area contributed by atoms with Gasteiger partial charge in [-0.05, 0) is 33.8 Å². The minimum absolute atomic E-state index is 0.214. The Balaban J connectivity index is 2.13. The molecule has 40 heavy (non-hydrogen) atoms. The number of nitrogens with zero attached hydrogens (tertiary/aromatic N) is 3. The number of azide groups is 1. The molecule has 2 rings (SSSR count). The Hall–Kier alpha value is -2.37. The van der Waals surface area contributed by atoms with Gasteiger partial charge in [-0.1, -0.05) is 170 Å². The lowest BCUT2D eigenvalue weighted by atomic mass is 10.0. The van der Waals surface area contributed by atoms with Gasteiger partial charge >= 0.3 is 0 Å². The molecule has 220 valence electrons. The van der Waals surface area contributed by atoms with Gasteiger partial charge in [0.15, 0.2) is 0 Å². The van der Waals surface area contributed by atoms with E-state index in [9.17, 15) is 10.6 Å². The van der Waals surface area contributed by atoms with Crippen LogP contribution in [-0.4, -0.2) is 32.2 Å². The lowest BCUT2D eigenvalue weighted by Gasteiger charge is -2.45. The fourth-order valence-corrected chi connectivity index (χ4v) is 10.2. The molecular formula is C34H53N3O2Si. The highest BCUT2D eigenvalue weighted by Gasteiger charge is 2.51. The van der Waals surface area contributed by atoms with Crippen LogP contribution in [0.1, 0.15) is 105 Å². The quantitative estimate of drug-likeness (QED) is 0.0436. The maximum Gasteiger partial charge on any atom is 0.261 e. The summed E-state index contributed by atoms with van der Waals surface area (Å²) in [5, 5.41) is 16.3. The van der Waals surface area contributed by atoms with Crippen molar-refractivity contribution in [1.29, 1.82) is 0 Å². The highest BCUT2D eigenvalue weighted by Crippen LogP contribution is 2.38. The minimum atomic E-state index is -2.87. The van der Waals surface area contributed by atoms with Crippen LogP contribution in [0.25, 0.3) is 10.4 Å². The SMILES string of the molecule is CCCCCCCCCCCCC/C=C/[C@@H](O[Si](c1ccccc1)(c1ccccc1)C(C)(C)C)[C@H](CO)N=[N+]=[N-]. The number of aliphatic hydroxyl groups is 1. The molecular weight excluding hydrogens is 510 g/mol. The summed E-state index contributed by atoms with van der Waals surface area (Å²) in [5.41, 5.74) is 9.27. The summed E-state index contributed by atoms with van der Waals surface area (Å²) in [5.74, 6) is 0. The molecule has 0 radical (unpaired) electrons. The third kappa shape index (κ3) is 10.6. The molecule has 0 saturated carbocycles. The number of aliphatic hydroxyl groups excluding tert-OH is 1. The van der Waals surface area contributed by atoms with Crippen LogP contribution in [0.2, 0.25) is 5.04 Å². The molecule has 0 amide bonds. The topological polar surface area (TPSA) is 78.2 Å². The summed E-state index contributed by atoms with van der Waals surface area (Å²) in [6.07, 6.45) is 19.1. The van der Waals surface area contributed by atoms with Crippen LogP contribution < -0.4 is 10.4 Å². The number of allylic oxidation sites excluding steroid dienone is 1. The Morgan fingerprint density at radius 2 is 1.30 bits per heavy atom. The molecule has 0 aromatic heterocycles. The van der Waals surface area contributed by atoms with E-state index in [-0.39, 0.29) is 11.6 Å². The van der Waals surface area contributed by atoms with Crippen LogP contribution in [0.5, 0.6) is 0 Å². The zero-order chi connectivity index (χ0) is 29.1. The van der Waals surface area contributed by atoms with Crippen LogP contribution in [0.3, 0.4) is 0 Å². The third-order valence-corrected chi connectivity index (χ3v) is 12.8. The van der Waals surface area contributed by atoms with Gasteiger partial charge in [-0.3, -0.25) is 0 Å². The van der Waals surface area contributed by atoms with E-state index in [0.717, 1.165) is 23.2 Å². The zero-order valence-electron chi connectivity index (χ0n) is 25.5. The highest BCUT2D eigenvalue weighted by atomic mass is 28.4. The monoisotopic (exact) mass is 563 g/mol. The van der Waals surface area contributed by atoms with E-state index in [1.165, 1.54) is 64.2 Å². The predicted octanol–water partition coefficient (Wildman–Crippen LogP) is 8.86. The van der Waals surface area contributed by atoms with Gasteiger partial charge in [0.25, 0.3) is 8.32 Å². The Morgan fingerprint density at radius 3 is 1.73 bits per heavy atom. The molecule has 1 N–H and O–H groups in total. The van der Waals surface area contributed by atoms with Crippen molar-refractivity contribution in [2.75, 3.05) is 6.61 Å². The second-order valence-corrected chi connectivity index (χ2v) is 16.2. The van der Waals surface area contributed by atoms with Gasteiger partial charge in [-0.25, -0.2) is 0 Å². The van der Waals surface area contributed by atoms with Gasteiger partial charge in [0.2, 0.25) is 0 Å². The molecule has 0 heterocycles. The van der Waals surface area contributed by atoms with E-state index in [2.05, 4.69) is 92.3 Å². The van der Waals surface area contributed by atoms with Gasteiger partial charge in [0.05, 0.1) is 18.8 Å². The van der Waals surface area contributed by atoms with E-state index < -0.39 is 20.5 Å². The Labute approximate surface area is 244 Å². The zero-order valence-corrected chi connectivity index (χ0v) is 26.5. The van der Waals surface area contributed by atoms with Crippen molar-refractivity contribution in [3.63, 3.8) is 0 Å². The second kappa shape index (κ2) is 18.9. The molecule has 2 atom stereocenters. The number of hydrogen-bond acceptors (Lipinski definition) is 3. The number of rotatable bonds is 20. The van der Waals surface area contributed by atoms with Gasteiger partial charge in [-0.15, -0.1) is 0 Å². The third-order valence-electron chi connectivity index (χ3n) is 7.80. The molecule has 0 unspecified atom stereocenters. The first-order chi connectivity index (χ1) is 19.4. The first kappa shape index (κ1) is 33.8. The van der Waals surface area contributed by atoms with Crippen LogP contribution >= 0.6 is 0 Å². The molecule has 5 nitrogen and oxygen atoms in total.